The molecule has 9 heteroatoms. The summed E-state index contributed by atoms with van der Waals surface area (Å²) in [7, 11) is 1.77. The van der Waals surface area contributed by atoms with E-state index in [9.17, 15) is 15.2 Å². The predicted octanol–water partition coefficient (Wildman–Crippen LogP) is 6.31. The minimum absolute atomic E-state index is 0.198. The minimum Gasteiger partial charge on any atom is -0.373 e. The largest absolute Gasteiger partial charge is 0.373 e. The summed E-state index contributed by atoms with van der Waals surface area (Å²) in [6.07, 6.45) is 1.53. The van der Waals surface area contributed by atoms with Gasteiger partial charge in [-0.1, -0.05) is 65.7 Å². The van der Waals surface area contributed by atoms with Gasteiger partial charge in [-0.2, -0.15) is 5.26 Å². The number of pyridine rings is 1. The van der Waals surface area contributed by atoms with Crippen LogP contribution in [0.4, 0.5) is 0 Å². The van der Waals surface area contributed by atoms with Gasteiger partial charge in [-0.15, -0.1) is 10.2 Å². The average Bonchev–Trinajstić information content (AvgIpc) is 3.44. The second kappa shape index (κ2) is 10.9. The van der Waals surface area contributed by atoms with Gasteiger partial charge in [-0.25, -0.2) is 0 Å². The summed E-state index contributed by atoms with van der Waals surface area (Å²) in [5.41, 5.74) is 2.71. The molecule has 0 aliphatic carbocycles. The number of benzene rings is 4. The Hall–Kier alpha value is -4.74. The highest BCUT2D eigenvalue weighted by atomic mass is 35.5. The summed E-state index contributed by atoms with van der Waals surface area (Å²) in [6, 6.07) is 30.6. The molecule has 0 radical (unpaired) electrons. The molecule has 0 saturated heterocycles. The van der Waals surface area contributed by atoms with Gasteiger partial charge in [-0.05, 0) is 76.3 Å². The molecule has 6 rings (SSSR count). The Kier molecular flexibility index (Phi) is 7.13. The zero-order valence-corrected chi connectivity index (χ0v) is 23.9. The van der Waals surface area contributed by atoms with Gasteiger partial charge in [-0.3, -0.25) is 4.79 Å². The lowest BCUT2D eigenvalue weighted by molar-refractivity contribution is 0.112. The summed E-state index contributed by atoms with van der Waals surface area (Å²) < 4.78 is 3.35. The third kappa shape index (κ3) is 4.86. The highest BCUT2D eigenvalue weighted by Gasteiger charge is 2.38. The van der Waals surface area contributed by atoms with E-state index in [-0.39, 0.29) is 5.56 Å². The molecule has 0 spiro atoms. The molecule has 2 heterocycles. The van der Waals surface area contributed by atoms with Crippen LogP contribution in [0.5, 0.6) is 0 Å². The van der Waals surface area contributed by atoms with Crippen LogP contribution in [0.2, 0.25) is 10.0 Å². The quantitative estimate of drug-likeness (QED) is 0.245. The van der Waals surface area contributed by atoms with Gasteiger partial charge in [0.25, 0.3) is 5.56 Å². The van der Waals surface area contributed by atoms with Crippen molar-refractivity contribution in [2.75, 3.05) is 0 Å². The first-order chi connectivity index (χ1) is 20.3. The normalized spacial score (nSPS) is 12.6. The Balaban J connectivity index is 1.62. The molecule has 0 aliphatic rings. The number of aliphatic hydroxyl groups is 1. The topological polar surface area (TPSA) is 96.7 Å². The molecule has 1 N–H and O–H groups in total. The van der Waals surface area contributed by atoms with E-state index in [1.807, 2.05) is 42.5 Å². The third-order valence-corrected chi connectivity index (χ3v) is 7.87. The van der Waals surface area contributed by atoms with Gasteiger partial charge >= 0.3 is 0 Å². The average molecular weight is 592 g/mol. The number of nitriles is 1. The third-order valence-electron chi connectivity index (χ3n) is 7.39. The monoisotopic (exact) mass is 591 g/mol. The summed E-state index contributed by atoms with van der Waals surface area (Å²) >= 11 is 12.5. The molecule has 1 atom stereocenters. The molecule has 0 fully saturated rings. The molecule has 6 aromatic rings. The summed E-state index contributed by atoms with van der Waals surface area (Å²) in [6.45, 7) is 0.293. The van der Waals surface area contributed by atoms with Crippen molar-refractivity contribution >= 4 is 34.1 Å². The van der Waals surface area contributed by atoms with Crippen molar-refractivity contribution in [1.29, 1.82) is 5.26 Å². The molecule has 0 aliphatic heterocycles. The number of fused-ring (bicyclic) bond motifs is 1. The molecule has 2 aromatic heterocycles. The van der Waals surface area contributed by atoms with Crippen molar-refractivity contribution in [3.63, 3.8) is 0 Å². The lowest BCUT2D eigenvalue weighted by Crippen LogP contribution is -2.32. The lowest BCUT2D eigenvalue weighted by Gasteiger charge is -2.29. The van der Waals surface area contributed by atoms with Gasteiger partial charge in [0, 0.05) is 28.5 Å². The van der Waals surface area contributed by atoms with Gasteiger partial charge < -0.3 is 14.2 Å². The fraction of sp³-hybridized carbons (Fsp3) is 0.0909. The molecular weight excluding hydrogens is 569 g/mol. The van der Waals surface area contributed by atoms with Crippen LogP contribution in [-0.2, 0) is 19.2 Å². The molecule has 0 bridgehead atoms. The van der Waals surface area contributed by atoms with Crippen LogP contribution in [0.3, 0.4) is 0 Å². The van der Waals surface area contributed by atoms with Gasteiger partial charge in [0.1, 0.15) is 6.33 Å². The van der Waals surface area contributed by atoms with Crippen LogP contribution >= 0.6 is 23.2 Å². The van der Waals surface area contributed by atoms with Crippen LogP contribution in [-0.4, -0.2) is 24.4 Å². The maximum atomic E-state index is 13.6. The highest BCUT2D eigenvalue weighted by Crippen LogP contribution is 2.39. The Morgan fingerprint density at radius 3 is 2.31 bits per heavy atom. The predicted molar refractivity (Wildman–Crippen MR) is 163 cm³/mol. The number of aromatic nitrogens is 4. The second-order valence-corrected chi connectivity index (χ2v) is 10.9. The zero-order valence-electron chi connectivity index (χ0n) is 22.4. The van der Waals surface area contributed by atoms with Crippen molar-refractivity contribution in [3.8, 4) is 17.2 Å². The standard InChI is InChI=1S/C33H23Cl2N5O2/c1-39-20-37-38-32(39)33(42,24-9-12-26(34)13-10-24)25-11-14-30-29(16-25)28(23-3-2-4-27(35)15-23)17-31(41)40(30)19-22-7-5-21(18-36)6-8-22/h2-17,20,42H,19H2,1H3. The molecular formula is C33H23Cl2N5O2. The summed E-state index contributed by atoms with van der Waals surface area (Å²) in [4.78, 5) is 13.6. The maximum absolute atomic E-state index is 13.6. The van der Waals surface area contributed by atoms with E-state index < -0.39 is 5.60 Å². The highest BCUT2D eigenvalue weighted by molar-refractivity contribution is 6.31. The van der Waals surface area contributed by atoms with Crippen LogP contribution in [0.25, 0.3) is 22.0 Å². The Morgan fingerprint density at radius 1 is 0.905 bits per heavy atom. The minimum atomic E-state index is -1.69. The smallest absolute Gasteiger partial charge is 0.251 e. The van der Waals surface area contributed by atoms with E-state index >= 15 is 0 Å². The van der Waals surface area contributed by atoms with Crippen LogP contribution in [0.1, 0.15) is 28.1 Å². The first-order valence-corrected chi connectivity index (χ1v) is 13.8. The first kappa shape index (κ1) is 27.4. The van der Waals surface area contributed by atoms with Crippen molar-refractivity contribution < 1.29 is 5.11 Å². The molecule has 1 unspecified atom stereocenters. The molecule has 7 nitrogen and oxygen atoms in total. The maximum Gasteiger partial charge on any atom is 0.251 e. The van der Waals surface area contributed by atoms with Gasteiger partial charge in [0.05, 0.1) is 23.7 Å². The van der Waals surface area contributed by atoms with Gasteiger partial charge in [0.15, 0.2) is 11.4 Å². The van der Waals surface area contributed by atoms with Crippen molar-refractivity contribution in [1.82, 2.24) is 19.3 Å². The van der Waals surface area contributed by atoms with Crippen LogP contribution in [0.15, 0.2) is 108 Å². The number of hydrogen-bond donors (Lipinski definition) is 1. The van der Waals surface area contributed by atoms with E-state index in [0.717, 1.165) is 16.5 Å². The van der Waals surface area contributed by atoms with Crippen molar-refractivity contribution in [2.45, 2.75) is 12.1 Å². The molecule has 0 amide bonds. The van der Waals surface area contributed by atoms with Crippen molar-refractivity contribution in [3.05, 3.63) is 152 Å². The Morgan fingerprint density at radius 2 is 1.64 bits per heavy atom. The van der Waals surface area contributed by atoms with E-state index in [1.54, 1.807) is 70.8 Å². The van der Waals surface area contributed by atoms with Crippen molar-refractivity contribution in [2.24, 2.45) is 7.05 Å². The lowest BCUT2D eigenvalue weighted by atomic mass is 9.84. The van der Waals surface area contributed by atoms with E-state index in [0.29, 0.717) is 50.2 Å². The fourth-order valence-electron chi connectivity index (χ4n) is 5.26. The fourth-order valence-corrected chi connectivity index (χ4v) is 5.58. The molecule has 4 aromatic carbocycles. The first-order valence-electron chi connectivity index (χ1n) is 13.0. The zero-order chi connectivity index (χ0) is 29.4. The number of hydrogen-bond acceptors (Lipinski definition) is 5. The second-order valence-electron chi connectivity index (χ2n) is 10.0. The number of aryl methyl sites for hydroxylation is 1. The van der Waals surface area contributed by atoms with E-state index in [4.69, 9.17) is 23.2 Å². The number of nitrogens with zero attached hydrogens (tertiary/aromatic N) is 5. The molecule has 206 valence electrons. The number of halogens is 2. The summed E-state index contributed by atoms with van der Waals surface area (Å²) in [5, 5.41) is 31.8. The molecule has 42 heavy (non-hydrogen) atoms. The summed E-state index contributed by atoms with van der Waals surface area (Å²) in [5.74, 6) is 0.319. The Bertz CT molecular complexity index is 2040. The van der Waals surface area contributed by atoms with Crippen LogP contribution in [0, 0.1) is 11.3 Å². The Labute approximate surface area is 251 Å². The molecule has 0 saturated carbocycles. The van der Waals surface area contributed by atoms with E-state index in [1.165, 1.54) is 6.33 Å². The van der Waals surface area contributed by atoms with E-state index in [2.05, 4.69) is 16.3 Å². The SMILES string of the molecule is Cn1cnnc1C(O)(c1ccc(Cl)cc1)c1ccc2c(c1)c(-c1cccc(Cl)c1)cc(=O)n2Cc1ccc(C#N)cc1. The number of rotatable bonds is 6. The van der Waals surface area contributed by atoms with Crippen LogP contribution < -0.4 is 5.56 Å². The van der Waals surface area contributed by atoms with Gasteiger partial charge in [0.2, 0.25) is 0 Å².